The smallest absolute Gasteiger partial charge is 0.261 e. The lowest BCUT2D eigenvalue weighted by Crippen LogP contribution is -2.27. The number of carbonyl (C=O) groups excluding carboxylic acids is 1. The van der Waals surface area contributed by atoms with E-state index in [-0.39, 0.29) is 31.8 Å². The van der Waals surface area contributed by atoms with E-state index in [2.05, 4.69) is 5.32 Å². The fourth-order valence-corrected chi connectivity index (χ4v) is 1.19. The van der Waals surface area contributed by atoms with Crippen molar-refractivity contribution in [1.82, 2.24) is 5.32 Å². The SMILES string of the molecule is Cl.NC(=O)CC1CC(F)(F)CN1. The lowest BCUT2D eigenvalue weighted by molar-refractivity contribution is -0.118. The number of hydrogen-bond acceptors (Lipinski definition) is 2. The van der Waals surface area contributed by atoms with E-state index >= 15 is 0 Å². The third-order valence-electron chi connectivity index (χ3n) is 1.64. The number of nitrogens with two attached hydrogens (primary N) is 1. The molecule has 0 aliphatic carbocycles. The molecule has 1 aliphatic rings. The van der Waals surface area contributed by atoms with Gasteiger partial charge in [0.05, 0.1) is 6.54 Å². The van der Waals surface area contributed by atoms with Crippen LogP contribution in [0.25, 0.3) is 0 Å². The van der Waals surface area contributed by atoms with Crippen LogP contribution in [-0.2, 0) is 4.79 Å². The van der Waals surface area contributed by atoms with Crippen molar-refractivity contribution >= 4 is 18.3 Å². The van der Waals surface area contributed by atoms with Gasteiger partial charge in [-0.1, -0.05) is 0 Å². The van der Waals surface area contributed by atoms with Crippen LogP contribution in [0.3, 0.4) is 0 Å². The van der Waals surface area contributed by atoms with Gasteiger partial charge in [0.2, 0.25) is 5.91 Å². The van der Waals surface area contributed by atoms with Crippen molar-refractivity contribution in [3.63, 3.8) is 0 Å². The van der Waals surface area contributed by atoms with E-state index in [4.69, 9.17) is 5.73 Å². The molecular weight excluding hydrogens is 190 g/mol. The molecule has 0 aromatic heterocycles. The van der Waals surface area contributed by atoms with Crippen LogP contribution in [0.5, 0.6) is 0 Å². The largest absolute Gasteiger partial charge is 0.370 e. The first-order chi connectivity index (χ1) is 4.99. The third kappa shape index (κ3) is 3.32. The molecule has 72 valence electrons. The molecule has 0 radical (unpaired) electrons. The highest BCUT2D eigenvalue weighted by Crippen LogP contribution is 2.26. The maximum Gasteiger partial charge on any atom is 0.261 e. The maximum absolute atomic E-state index is 12.4. The lowest BCUT2D eigenvalue weighted by atomic mass is 10.1. The monoisotopic (exact) mass is 200 g/mol. The highest BCUT2D eigenvalue weighted by molar-refractivity contribution is 5.85. The van der Waals surface area contributed by atoms with E-state index in [0.29, 0.717) is 0 Å². The molecule has 0 aromatic rings. The van der Waals surface area contributed by atoms with Crippen molar-refractivity contribution in [2.75, 3.05) is 6.54 Å². The number of nitrogens with one attached hydrogen (secondary N) is 1. The molecule has 1 atom stereocenters. The standard InChI is InChI=1S/C6H10F2N2O.ClH/c7-6(8)2-4(10-3-6)1-5(9)11;/h4,10H,1-3H2,(H2,9,11);1H. The van der Waals surface area contributed by atoms with Gasteiger partial charge in [0, 0.05) is 18.9 Å². The summed E-state index contributed by atoms with van der Waals surface area (Å²) in [6, 6.07) is -0.442. The summed E-state index contributed by atoms with van der Waals surface area (Å²) in [6.45, 7) is -0.342. The first-order valence-electron chi connectivity index (χ1n) is 3.39. The van der Waals surface area contributed by atoms with E-state index in [1.54, 1.807) is 0 Å². The summed E-state index contributed by atoms with van der Waals surface area (Å²) < 4.78 is 24.9. The van der Waals surface area contributed by atoms with Crippen LogP contribution in [-0.4, -0.2) is 24.4 Å². The summed E-state index contributed by atoms with van der Waals surface area (Å²) in [5.74, 6) is -3.21. The Bertz CT molecular complexity index is 177. The zero-order valence-corrected chi connectivity index (χ0v) is 7.16. The third-order valence-corrected chi connectivity index (χ3v) is 1.64. The molecule has 1 heterocycles. The Balaban J connectivity index is 0.00000121. The normalized spacial score (nSPS) is 26.3. The molecule has 1 fully saturated rings. The Hall–Kier alpha value is -0.420. The van der Waals surface area contributed by atoms with E-state index in [1.807, 2.05) is 0 Å². The fraction of sp³-hybridized carbons (Fsp3) is 0.833. The Morgan fingerprint density at radius 2 is 2.25 bits per heavy atom. The van der Waals surface area contributed by atoms with Crippen LogP contribution >= 0.6 is 12.4 Å². The van der Waals surface area contributed by atoms with Gasteiger partial charge < -0.3 is 11.1 Å². The number of amides is 1. The second-order valence-corrected chi connectivity index (χ2v) is 2.81. The first-order valence-corrected chi connectivity index (χ1v) is 3.39. The predicted octanol–water partition coefficient (Wildman–Crippen LogP) is 0.281. The Labute approximate surface area is 75.1 Å². The quantitative estimate of drug-likeness (QED) is 0.673. The lowest BCUT2D eigenvalue weighted by Gasteiger charge is -2.06. The van der Waals surface area contributed by atoms with Crippen molar-refractivity contribution in [3.05, 3.63) is 0 Å². The van der Waals surface area contributed by atoms with E-state index < -0.39 is 17.9 Å². The van der Waals surface area contributed by atoms with Crippen molar-refractivity contribution in [1.29, 1.82) is 0 Å². The minimum atomic E-state index is -2.67. The van der Waals surface area contributed by atoms with Crippen LogP contribution in [0.2, 0.25) is 0 Å². The van der Waals surface area contributed by atoms with Gasteiger partial charge in [-0.15, -0.1) is 12.4 Å². The molecule has 0 bridgehead atoms. The minimum Gasteiger partial charge on any atom is -0.370 e. The van der Waals surface area contributed by atoms with Crippen molar-refractivity contribution in [2.45, 2.75) is 24.8 Å². The topological polar surface area (TPSA) is 55.1 Å². The van der Waals surface area contributed by atoms with Gasteiger partial charge in [0.1, 0.15) is 0 Å². The molecule has 0 spiro atoms. The van der Waals surface area contributed by atoms with Gasteiger partial charge in [-0.2, -0.15) is 0 Å². The molecule has 1 aliphatic heterocycles. The number of primary amides is 1. The number of hydrogen-bond donors (Lipinski definition) is 2. The van der Waals surface area contributed by atoms with Gasteiger partial charge in [-0.25, -0.2) is 8.78 Å². The molecule has 1 saturated heterocycles. The minimum absolute atomic E-state index is 0. The van der Waals surface area contributed by atoms with E-state index in [9.17, 15) is 13.6 Å². The van der Waals surface area contributed by atoms with Crippen LogP contribution in [0.4, 0.5) is 8.78 Å². The molecule has 6 heteroatoms. The Morgan fingerprint density at radius 3 is 2.58 bits per heavy atom. The highest BCUT2D eigenvalue weighted by Gasteiger charge is 2.39. The fourth-order valence-electron chi connectivity index (χ4n) is 1.19. The summed E-state index contributed by atoms with van der Waals surface area (Å²) in [4.78, 5) is 10.3. The molecule has 1 amide bonds. The van der Waals surface area contributed by atoms with Crippen molar-refractivity contribution < 1.29 is 13.6 Å². The second kappa shape index (κ2) is 4.00. The molecule has 1 unspecified atom stereocenters. The molecule has 12 heavy (non-hydrogen) atoms. The summed E-state index contributed by atoms with van der Waals surface area (Å²) >= 11 is 0. The Morgan fingerprint density at radius 1 is 1.67 bits per heavy atom. The van der Waals surface area contributed by atoms with Gasteiger partial charge in [-0.05, 0) is 0 Å². The summed E-state index contributed by atoms with van der Waals surface area (Å²) in [6.07, 6.45) is -0.286. The van der Waals surface area contributed by atoms with Crippen LogP contribution < -0.4 is 11.1 Å². The van der Waals surface area contributed by atoms with E-state index in [0.717, 1.165) is 0 Å². The van der Waals surface area contributed by atoms with Crippen LogP contribution in [0.1, 0.15) is 12.8 Å². The Kier molecular flexibility index (Phi) is 3.86. The van der Waals surface area contributed by atoms with Gasteiger partial charge >= 0.3 is 0 Å². The number of alkyl halides is 2. The molecule has 3 N–H and O–H groups in total. The highest BCUT2D eigenvalue weighted by atomic mass is 35.5. The second-order valence-electron chi connectivity index (χ2n) is 2.81. The average molecular weight is 201 g/mol. The number of rotatable bonds is 2. The summed E-state index contributed by atoms with van der Waals surface area (Å²) in [5, 5.41) is 2.53. The first kappa shape index (κ1) is 11.6. The van der Waals surface area contributed by atoms with E-state index in [1.165, 1.54) is 0 Å². The molecule has 3 nitrogen and oxygen atoms in total. The zero-order valence-electron chi connectivity index (χ0n) is 6.35. The van der Waals surface area contributed by atoms with Gasteiger partial charge in [-0.3, -0.25) is 4.79 Å². The van der Waals surface area contributed by atoms with Gasteiger partial charge in [0.25, 0.3) is 5.92 Å². The zero-order chi connectivity index (χ0) is 8.48. The summed E-state index contributed by atoms with van der Waals surface area (Å²) in [5.41, 5.74) is 4.84. The number of carbonyl (C=O) groups is 1. The van der Waals surface area contributed by atoms with Crippen LogP contribution in [0, 0.1) is 0 Å². The number of halogens is 3. The molecule has 0 saturated carbocycles. The van der Waals surface area contributed by atoms with Crippen LogP contribution in [0.15, 0.2) is 0 Å². The molecular formula is C6H11ClF2N2O. The summed E-state index contributed by atoms with van der Waals surface area (Å²) in [7, 11) is 0. The molecule has 0 aromatic carbocycles. The maximum atomic E-state index is 12.4. The van der Waals surface area contributed by atoms with Gasteiger partial charge in [0.15, 0.2) is 0 Å². The molecule has 1 rings (SSSR count). The van der Waals surface area contributed by atoms with Crippen molar-refractivity contribution in [2.24, 2.45) is 5.73 Å². The average Bonchev–Trinajstić information content (AvgIpc) is 2.08. The van der Waals surface area contributed by atoms with Crippen molar-refractivity contribution in [3.8, 4) is 0 Å². The predicted molar refractivity (Wildman–Crippen MR) is 42.4 cm³/mol.